The Balaban J connectivity index is 1.42. The van der Waals surface area contributed by atoms with Crippen LogP contribution in [0, 0.1) is 19.8 Å². The monoisotopic (exact) mass is 665 g/mol. The number of benzene rings is 3. The number of likely N-dealkylation sites (N-methyl/N-ethyl adjacent to an activating group) is 1. The van der Waals surface area contributed by atoms with Gasteiger partial charge < -0.3 is 14.5 Å². The first-order valence-electron chi connectivity index (χ1n) is 16.5. The summed E-state index contributed by atoms with van der Waals surface area (Å²) >= 11 is 0. The molecular formula is C38H43N5O4S. The quantitative estimate of drug-likeness (QED) is 0.244. The molecule has 1 atom stereocenters. The Hall–Kier alpha value is -4.54. The van der Waals surface area contributed by atoms with Gasteiger partial charge in [-0.05, 0) is 85.7 Å². The first kappa shape index (κ1) is 33.4. The van der Waals surface area contributed by atoms with Crippen LogP contribution in [-0.4, -0.2) is 66.9 Å². The van der Waals surface area contributed by atoms with Crippen LogP contribution in [0.3, 0.4) is 0 Å². The summed E-state index contributed by atoms with van der Waals surface area (Å²) in [4.78, 5) is 27.5. The van der Waals surface area contributed by atoms with E-state index >= 15 is 0 Å². The smallest absolute Gasteiger partial charge is 0.264 e. The zero-order chi connectivity index (χ0) is 34.0. The van der Waals surface area contributed by atoms with Gasteiger partial charge in [-0.15, -0.1) is 0 Å². The van der Waals surface area contributed by atoms with Crippen LogP contribution >= 0.6 is 0 Å². The van der Waals surface area contributed by atoms with E-state index in [1.807, 2.05) is 36.9 Å². The number of amides is 1. The van der Waals surface area contributed by atoms with E-state index in [1.165, 1.54) is 23.3 Å². The summed E-state index contributed by atoms with van der Waals surface area (Å²) in [6.07, 6.45) is 3.94. The standard InChI is InChI=1S/C38H43N5O4S/c1-25(2)20-32-24-47-35-22-34(36-26(3)8-6-9-27(36)4)39-38(40-35)41-48(45,46)33-11-7-10-31(21-33)37(44)43(32)23-28-12-14-29(15-13-28)30-16-18-42(5)19-17-30/h6-16,21-22,25,32H,17-20,23-24H2,1-5H3,(H,39,40,41)/t32-/m1/s1. The van der Waals surface area contributed by atoms with Crippen LogP contribution in [0.5, 0.6) is 5.88 Å². The molecule has 3 heterocycles. The van der Waals surface area contributed by atoms with Crippen LogP contribution in [-0.2, 0) is 16.6 Å². The minimum atomic E-state index is -4.14. The fourth-order valence-corrected chi connectivity index (χ4v) is 7.45. The Morgan fingerprint density at radius 3 is 2.38 bits per heavy atom. The fourth-order valence-electron chi connectivity index (χ4n) is 6.46. The van der Waals surface area contributed by atoms with Crippen molar-refractivity contribution in [3.05, 3.63) is 107 Å². The molecule has 4 aromatic rings. The number of nitrogens with zero attached hydrogens (tertiary/aromatic N) is 4. The lowest BCUT2D eigenvalue weighted by Crippen LogP contribution is -2.44. The van der Waals surface area contributed by atoms with Crippen molar-refractivity contribution in [3.63, 3.8) is 0 Å². The molecule has 0 radical (unpaired) electrons. The lowest BCUT2D eigenvalue weighted by molar-refractivity contribution is 0.0553. The Morgan fingerprint density at radius 1 is 0.958 bits per heavy atom. The molecule has 0 spiro atoms. The van der Waals surface area contributed by atoms with Crippen LogP contribution in [0.2, 0.25) is 0 Å². The van der Waals surface area contributed by atoms with E-state index in [9.17, 15) is 13.2 Å². The third kappa shape index (κ3) is 7.45. The van der Waals surface area contributed by atoms with Crippen LogP contribution in [0.1, 0.15) is 59.3 Å². The number of anilines is 1. The van der Waals surface area contributed by atoms with Gasteiger partial charge in [0.25, 0.3) is 15.9 Å². The first-order chi connectivity index (χ1) is 23.0. The highest BCUT2D eigenvalue weighted by atomic mass is 32.2. The molecule has 0 fully saturated rings. The zero-order valence-corrected chi connectivity index (χ0v) is 29.0. The lowest BCUT2D eigenvalue weighted by atomic mass is 9.97. The summed E-state index contributed by atoms with van der Waals surface area (Å²) in [6, 6.07) is 21.9. The molecule has 10 heteroatoms. The molecule has 0 saturated heterocycles. The molecule has 2 aliphatic heterocycles. The Labute approximate surface area is 283 Å². The van der Waals surface area contributed by atoms with Gasteiger partial charge in [-0.25, -0.2) is 18.1 Å². The van der Waals surface area contributed by atoms with E-state index in [2.05, 4.69) is 70.8 Å². The minimum Gasteiger partial charge on any atom is -0.475 e. The van der Waals surface area contributed by atoms with Crippen LogP contribution in [0.15, 0.2) is 83.8 Å². The van der Waals surface area contributed by atoms with Crippen molar-refractivity contribution in [1.29, 1.82) is 0 Å². The largest absolute Gasteiger partial charge is 0.475 e. The number of ether oxygens (including phenoxy) is 1. The highest BCUT2D eigenvalue weighted by molar-refractivity contribution is 7.92. The first-order valence-corrected chi connectivity index (χ1v) is 17.9. The van der Waals surface area contributed by atoms with Crippen LogP contribution in [0.25, 0.3) is 16.8 Å². The van der Waals surface area contributed by atoms with Gasteiger partial charge in [-0.3, -0.25) is 4.79 Å². The zero-order valence-electron chi connectivity index (χ0n) is 28.2. The molecular weight excluding hydrogens is 623 g/mol. The molecule has 4 bridgehead atoms. The molecule has 0 saturated carbocycles. The highest BCUT2D eigenvalue weighted by Crippen LogP contribution is 2.31. The van der Waals surface area contributed by atoms with Crippen molar-refractivity contribution >= 4 is 27.5 Å². The summed E-state index contributed by atoms with van der Waals surface area (Å²) in [5.74, 6) is 0.112. The topological polar surface area (TPSA) is 105 Å². The Kier molecular flexibility index (Phi) is 9.66. The number of hydrogen-bond donors (Lipinski definition) is 1. The maximum absolute atomic E-state index is 14.4. The summed E-state index contributed by atoms with van der Waals surface area (Å²) in [5.41, 5.74) is 7.19. The van der Waals surface area contributed by atoms with Gasteiger partial charge >= 0.3 is 0 Å². The molecule has 1 N–H and O–H groups in total. The number of aryl methyl sites for hydroxylation is 2. The van der Waals surface area contributed by atoms with Crippen molar-refractivity contribution in [2.24, 2.45) is 5.92 Å². The van der Waals surface area contributed by atoms with Crippen molar-refractivity contribution in [1.82, 2.24) is 19.8 Å². The van der Waals surface area contributed by atoms with Crippen molar-refractivity contribution in [2.45, 2.75) is 58.0 Å². The van der Waals surface area contributed by atoms with Gasteiger partial charge in [0.05, 0.1) is 16.6 Å². The highest BCUT2D eigenvalue weighted by Gasteiger charge is 2.29. The molecule has 3 aromatic carbocycles. The number of carbonyl (C=O) groups excluding carboxylic acids is 1. The average Bonchev–Trinajstić information content (AvgIpc) is 3.05. The second-order valence-electron chi connectivity index (χ2n) is 13.3. The van der Waals surface area contributed by atoms with Crippen molar-refractivity contribution in [2.75, 3.05) is 31.5 Å². The lowest BCUT2D eigenvalue weighted by Gasteiger charge is -2.33. The van der Waals surface area contributed by atoms with Crippen molar-refractivity contribution < 1.29 is 17.9 Å². The molecule has 48 heavy (non-hydrogen) atoms. The number of carbonyl (C=O) groups is 1. The third-order valence-corrected chi connectivity index (χ3v) is 10.3. The van der Waals surface area contributed by atoms with E-state index in [0.29, 0.717) is 18.7 Å². The van der Waals surface area contributed by atoms with Crippen LogP contribution in [0.4, 0.5) is 5.95 Å². The average molecular weight is 666 g/mol. The number of hydrogen-bond acceptors (Lipinski definition) is 7. The molecule has 1 aromatic heterocycles. The molecule has 9 nitrogen and oxygen atoms in total. The predicted molar refractivity (Wildman–Crippen MR) is 189 cm³/mol. The van der Waals surface area contributed by atoms with Gasteiger partial charge in [0.1, 0.15) is 6.61 Å². The normalized spacial score (nSPS) is 18.2. The second kappa shape index (κ2) is 13.9. The number of fused-ring (bicyclic) bond motifs is 4. The minimum absolute atomic E-state index is 0.0488. The van der Waals surface area contributed by atoms with Gasteiger partial charge in [-0.2, -0.15) is 4.98 Å². The third-order valence-electron chi connectivity index (χ3n) is 9.02. The number of rotatable bonds is 6. The van der Waals surface area contributed by atoms with E-state index in [0.717, 1.165) is 41.8 Å². The SMILES string of the molecule is Cc1cccc(C)c1-c1cc2nc(n1)NS(=O)(=O)c1cccc(c1)C(=O)N(Cc1ccc(C3=CCN(C)CC3)cc1)[C@H](CC(C)C)CO2. The molecule has 1 amide bonds. The summed E-state index contributed by atoms with van der Waals surface area (Å²) < 4.78 is 36.2. The Bertz CT molecular complexity index is 1940. The molecule has 250 valence electrons. The van der Waals surface area contributed by atoms with E-state index in [4.69, 9.17) is 4.74 Å². The van der Waals surface area contributed by atoms with E-state index in [1.54, 1.807) is 18.2 Å². The number of aromatic nitrogens is 2. The predicted octanol–water partition coefficient (Wildman–Crippen LogP) is 6.73. The van der Waals surface area contributed by atoms with Gasteiger partial charge in [0.15, 0.2) is 0 Å². The second-order valence-corrected chi connectivity index (χ2v) is 15.0. The van der Waals surface area contributed by atoms with E-state index < -0.39 is 10.0 Å². The molecule has 0 aliphatic carbocycles. The fraction of sp³-hybridized carbons (Fsp3) is 0.342. The summed E-state index contributed by atoms with van der Waals surface area (Å²) in [6.45, 7) is 10.7. The van der Waals surface area contributed by atoms with E-state index in [-0.39, 0.29) is 46.8 Å². The molecule has 0 unspecified atom stereocenters. The molecule has 6 rings (SSSR count). The van der Waals surface area contributed by atoms with Gasteiger partial charge in [0.2, 0.25) is 11.8 Å². The number of nitrogens with one attached hydrogen (secondary N) is 1. The van der Waals surface area contributed by atoms with Crippen LogP contribution < -0.4 is 9.46 Å². The van der Waals surface area contributed by atoms with Crippen molar-refractivity contribution in [3.8, 4) is 17.1 Å². The maximum Gasteiger partial charge on any atom is 0.264 e. The summed E-state index contributed by atoms with van der Waals surface area (Å²) in [7, 11) is -2.01. The maximum atomic E-state index is 14.4. The summed E-state index contributed by atoms with van der Waals surface area (Å²) in [5, 5.41) is 0. The van der Waals surface area contributed by atoms with Gasteiger partial charge in [0, 0.05) is 36.8 Å². The van der Waals surface area contributed by atoms with Gasteiger partial charge in [-0.1, -0.05) is 68.5 Å². The molecule has 2 aliphatic rings. The Morgan fingerprint density at radius 2 is 1.69 bits per heavy atom. The number of sulfonamides is 1.